The second-order valence-corrected chi connectivity index (χ2v) is 4.51. The Hall–Kier alpha value is -2.82. The zero-order valence-corrected chi connectivity index (χ0v) is 11.5. The fourth-order valence-corrected chi connectivity index (χ4v) is 2.09. The van der Waals surface area contributed by atoms with Gasteiger partial charge in [0.15, 0.2) is 6.29 Å². The van der Waals surface area contributed by atoms with Gasteiger partial charge in [-0.1, -0.05) is 6.07 Å². The van der Waals surface area contributed by atoms with E-state index in [1.165, 1.54) is 0 Å². The molecule has 0 aliphatic carbocycles. The van der Waals surface area contributed by atoms with E-state index in [2.05, 4.69) is 4.98 Å². The van der Waals surface area contributed by atoms with E-state index in [1.807, 2.05) is 35.0 Å². The number of carbonyl (C=O) groups is 1. The first-order valence-electron chi connectivity index (χ1n) is 6.49. The molecule has 0 saturated heterocycles. The van der Waals surface area contributed by atoms with Crippen molar-refractivity contribution in [2.45, 2.75) is 6.61 Å². The lowest BCUT2D eigenvalue weighted by Gasteiger charge is -2.08. The highest BCUT2D eigenvalue weighted by atomic mass is 16.5. The molecule has 3 aromatic rings. The molecule has 0 aliphatic heterocycles. The number of hydrogen-bond donors (Lipinski definition) is 0. The summed E-state index contributed by atoms with van der Waals surface area (Å²) in [5, 5.41) is 0. The Balaban J connectivity index is 1.79. The Morgan fingerprint density at radius 3 is 2.95 bits per heavy atom. The van der Waals surface area contributed by atoms with Crippen molar-refractivity contribution >= 4 is 11.9 Å². The molecule has 5 heteroatoms. The Kier molecular flexibility index (Phi) is 3.55. The van der Waals surface area contributed by atoms with E-state index in [0.717, 1.165) is 17.6 Å². The van der Waals surface area contributed by atoms with Crippen LogP contribution >= 0.6 is 0 Å². The van der Waals surface area contributed by atoms with Gasteiger partial charge in [-0.05, 0) is 30.3 Å². The zero-order chi connectivity index (χ0) is 14.7. The van der Waals surface area contributed by atoms with E-state index in [-0.39, 0.29) is 0 Å². The molecule has 0 aliphatic rings. The van der Waals surface area contributed by atoms with E-state index in [4.69, 9.17) is 9.47 Å². The second kappa shape index (κ2) is 5.66. The molecule has 0 atom stereocenters. The van der Waals surface area contributed by atoms with Gasteiger partial charge in [-0.2, -0.15) is 0 Å². The molecule has 5 nitrogen and oxygen atoms in total. The molecular formula is C16H14N2O3. The lowest BCUT2D eigenvalue weighted by molar-refractivity contribution is 0.111. The lowest BCUT2D eigenvalue weighted by atomic mass is 10.2. The van der Waals surface area contributed by atoms with E-state index >= 15 is 0 Å². The van der Waals surface area contributed by atoms with E-state index in [9.17, 15) is 4.79 Å². The van der Waals surface area contributed by atoms with Crippen LogP contribution in [0.2, 0.25) is 0 Å². The van der Waals surface area contributed by atoms with Crippen molar-refractivity contribution in [1.29, 1.82) is 0 Å². The molecule has 0 radical (unpaired) electrons. The Bertz CT molecular complexity index is 747. The second-order valence-electron chi connectivity index (χ2n) is 4.51. The molecule has 21 heavy (non-hydrogen) atoms. The summed E-state index contributed by atoms with van der Waals surface area (Å²) in [4.78, 5) is 15.5. The Morgan fingerprint density at radius 2 is 2.19 bits per heavy atom. The number of ether oxygens (including phenoxy) is 2. The SMILES string of the molecule is COc1ccc(OCc2cn3ccccc3n2)c(C=O)c1. The minimum absolute atomic E-state index is 0.300. The first kappa shape index (κ1) is 13.2. The number of pyridine rings is 1. The van der Waals surface area contributed by atoms with Crippen molar-refractivity contribution in [3.8, 4) is 11.5 Å². The third kappa shape index (κ3) is 2.72. The average Bonchev–Trinajstić information content (AvgIpc) is 2.95. The number of carbonyl (C=O) groups excluding carboxylic acids is 1. The summed E-state index contributed by atoms with van der Waals surface area (Å²) < 4.78 is 12.7. The van der Waals surface area contributed by atoms with Gasteiger partial charge in [-0.3, -0.25) is 4.79 Å². The van der Waals surface area contributed by atoms with Gasteiger partial charge in [0.05, 0.1) is 18.4 Å². The largest absolute Gasteiger partial charge is 0.497 e. The Morgan fingerprint density at radius 1 is 1.29 bits per heavy atom. The van der Waals surface area contributed by atoms with Crippen LogP contribution in [0.4, 0.5) is 0 Å². The smallest absolute Gasteiger partial charge is 0.153 e. The molecule has 0 N–H and O–H groups in total. The molecule has 0 unspecified atom stereocenters. The van der Waals surface area contributed by atoms with Gasteiger partial charge in [0.1, 0.15) is 23.8 Å². The van der Waals surface area contributed by atoms with Crippen LogP contribution in [0, 0.1) is 0 Å². The van der Waals surface area contributed by atoms with Gasteiger partial charge in [-0.15, -0.1) is 0 Å². The van der Waals surface area contributed by atoms with Crippen molar-refractivity contribution in [2.75, 3.05) is 7.11 Å². The standard InChI is InChI=1S/C16H14N2O3/c1-20-14-5-6-15(12(8-14)10-19)21-11-13-9-18-7-3-2-4-16(18)17-13/h2-10H,11H2,1H3. The van der Waals surface area contributed by atoms with Gasteiger partial charge in [0, 0.05) is 12.4 Å². The lowest BCUT2D eigenvalue weighted by Crippen LogP contribution is -1.99. The Labute approximate surface area is 121 Å². The normalized spacial score (nSPS) is 10.5. The van der Waals surface area contributed by atoms with Crippen LogP contribution in [0.1, 0.15) is 16.1 Å². The van der Waals surface area contributed by atoms with Crippen LogP contribution in [-0.2, 0) is 6.61 Å². The summed E-state index contributed by atoms with van der Waals surface area (Å²) in [5.41, 5.74) is 2.12. The maximum atomic E-state index is 11.1. The predicted molar refractivity (Wildman–Crippen MR) is 77.9 cm³/mol. The molecule has 1 aromatic carbocycles. The maximum absolute atomic E-state index is 11.1. The first-order chi connectivity index (χ1) is 10.3. The third-order valence-electron chi connectivity index (χ3n) is 3.13. The van der Waals surface area contributed by atoms with Crippen molar-refractivity contribution in [3.05, 3.63) is 60.0 Å². The topological polar surface area (TPSA) is 52.8 Å². The number of methoxy groups -OCH3 is 1. The molecule has 0 saturated carbocycles. The molecule has 3 rings (SSSR count). The summed E-state index contributed by atoms with van der Waals surface area (Å²) >= 11 is 0. The van der Waals surface area contributed by atoms with E-state index < -0.39 is 0 Å². The third-order valence-corrected chi connectivity index (χ3v) is 3.13. The number of imidazole rings is 1. The average molecular weight is 282 g/mol. The molecule has 106 valence electrons. The van der Waals surface area contributed by atoms with Crippen LogP contribution in [0.3, 0.4) is 0 Å². The molecule has 0 amide bonds. The fraction of sp³-hybridized carbons (Fsp3) is 0.125. The predicted octanol–water partition coefficient (Wildman–Crippen LogP) is 2.73. The van der Waals surface area contributed by atoms with Crippen molar-refractivity contribution in [1.82, 2.24) is 9.38 Å². The summed E-state index contributed by atoms with van der Waals surface area (Å²) in [6, 6.07) is 10.9. The van der Waals surface area contributed by atoms with Crippen LogP contribution in [0.25, 0.3) is 5.65 Å². The fourth-order valence-electron chi connectivity index (χ4n) is 2.09. The number of aldehydes is 1. The minimum Gasteiger partial charge on any atom is -0.497 e. The highest BCUT2D eigenvalue weighted by Gasteiger charge is 2.07. The zero-order valence-electron chi connectivity index (χ0n) is 11.5. The molecule has 2 aromatic heterocycles. The summed E-state index contributed by atoms with van der Waals surface area (Å²) in [5.74, 6) is 1.14. The van der Waals surface area contributed by atoms with E-state index in [1.54, 1.807) is 25.3 Å². The van der Waals surface area contributed by atoms with Gasteiger partial charge < -0.3 is 13.9 Å². The molecule has 0 spiro atoms. The highest BCUT2D eigenvalue weighted by Crippen LogP contribution is 2.23. The summed E-state index contributed by atoms with van der Waals surface area (Å²) in [7, 11) is 1.56. The van der Waals surface area contributed by atoms with Gasteiger partial charge in [-0.25, -0.2) is 4.98 Å². The summed E-state index contributed by atoms with van der Waals surface area (Å²) in [6.45, 7) is 0.300. The van der Waals surface area contributed by atoms with Crippen LogP contribution < -0.4 is 9.47 Å². The minimum atomic E-state index is 0.300. The number of nitrogens with zero attached hydrogens (tertiary/aromatic N) is 2. The molecule has 0 bridgehead atoms. The van der Waals surface area contributed by atoms with Gasteiger partial charge in [0.2, 0.25) is 0 Å². The maximum Gasteiger partial charge on any atom is 0.153 e. The molecular weight excluding hydrogens is 268 g/mol. The first-order valence-corrected chi connectivity index (χ1v) is 6.49. The molecule has 0 fully saturated rings. The molecule has 2 heterocycles. The van der Waals surface area contributed by atoms with Crippen molar-refractivity contribution in [2.24, 2.45) is 0 Å². The van der Waals surface area contributed by atoms with Gasteiger partial charge in [0.25, 0.3) is 0 Å². The number of fused-ring (bicyclic) bond motifs is 1. The van der Waals surface area contributed by atoms with E-state index in [0.29, 0.717) is 23.7 Å². The number of rotatable bonds is 5. The number of hydrogen-bond acceptors (Lipinski definition) is 4. The monoisotopic (exact) mass is 282 g/mol. The highest BCUT2D eigenvalue weighted by molar-refractivity contribution is 5.80. The van der Waals surface area contributed by atoms with Gasteiger partial charge >= 0.3 is 0 Å². The summed E-state index contributed by atoms with van der Waals surface area (Å²) in [6.07, 6.45) is 4.58. The van der Waals surface area contributed by atoms with Crippen molar-refractivity contribution in [3.63, 3.8) is 0 Å². The van der Waals surface area contributed by atoms with Crippen LogP contribution in [0.15, 0.2) is 48.8 Å². The number of aromatic nitrogens is 2. The van der Waals surface area contributed by atoms with Crippen molar-refractivity contribution < 1.29 is 14.3 Å². The quantitative estimate of drug-likeness (QED) is 0.675. The van der Waals surface area contributed by atoms with Crippen LogP contribution in [-0.4, -0.2) is 22.8 Å². The van der Waals surface area contributed by atoms with Crippen LogP contribution in [0.5, 0.6) is 11.5 Å². The number of benzene rings is 1.